The second-order valence-corrected chi connectivity index (χ2v) is 4.64. The number of esters is 1. The van der Waals surface area contributed by atoms with Crippen LogP contribution in [-0.2, 0) is 4.74 Å². The van der Waals surface area contributed by atoms with E-state index < -0.39 is 5.97 Å². The number of rotatable bonds is 3. The van der Waals surface area contributed by atoms with E-state index >= 15 is 0 Å². The maximum Gasteiger partial charge on any atom is 0.349 e. The molecule has 2 aromatic rings. The van der Waals surface area contributed by atoms with Crippen LogP contribution in [-0.4, -0.2) is 18.1 Å². The van der Waals surface area contributed by atoms with Gasteiger partial charge in [-0.25, -0.2) is 14.2 Å². The molecule has 2 rings (SSSR count). The van der Waals surface area contributed by atoms with Crippen LogP contribution < -0.4 is 5.32 Å². The molecule has 0 aliphatic carbocycles. The first kappa shape index (κ1) is 12.5. The van der Waals surface area contributed by atoms with Crippen molar-refractivity contribution in [3.05, 3.63) is 40.7 Å². The lowest BCUT2D eigenvalue weighted by atomic mass is 10.2. The van der Waals surface area contributed by atoms with Gasteiger partial charge in [0.1, 0.15) is 10.7 Å². The van der Waals surface area contributed by atoms with Crippen LogP contribution in [0.2, 0.25) is 0 Å². The summed E-state index contributed by atoms with van der Waals surface area (Å²) < 4.78 is 17.9. The second-order valence-electron chi connectivity index (χ2n) is 3.61. The number of anilines is 2. The first-order valence-electron chi connectivity index (χ1n) is 5.17. The van der Waals surface area contributed by atoms with E-state index in [2.05, 4.69) is 15.0 Å². The molecule has 1 N–H and O–H groups in total. The standard InChI is InChI=1S/C12H11FN2O2S/c1-7-3-4-8(5-9(7)13)15-12-14-6-10(18-12)11(16)17-2/h3-6H,1-2H3,(H,14,15). The number of aromatic nitrogens is 1. The minimum absolute atomic E-state index is 0.287. The van der Waals surface area contributed by atoms with Crippen LogP contribution in [0.15, 0.2) is 24.4 Å². The van der Waals surface area contributed by atoms with Gasteiger partial charge in [-0.3, -0.25) is 0 Å². The SMILES string of the molecule is COC(=O)c1cnc(Nc2ccc(C)c(F)c2)s1. The molecule has 0 fully saturated rings. The fourth-order valence-corrected chi connectivity index (χ4v) is 2.08. The van der Waals surface area contributed by atoms with Gasteiger partial charge in [0, 0.05) is 5.69 Å². The summed E-state index contributed by atoms with van der Waals surface area (Å²) in [7, 11) is 1.31. The summed E-state index contributed by atoms with van der Waals surface area (Å²) in [5.41, 5.74) is 1.17. The van der Waals surface area contributed by atoms with Crippen molar-refractivity contribution in [1.29, 1.82) is 0 Å². The van der Waals surface area contributed by atoms with E-state index in [9.17, 15) is 9.18 Å². The Morgan fingerprint density at radius 1 is 1.50 bits per heavy atom. The highest BCUT2D eigenvalue weighted by Gasteiger charge is 2.10. The maximum absolute atomic E-state index is 13.3. The smallest absolute Gasteiger partial charge is 0.349 e. The number of halogens is 1. The molecular formula is C12H11FN2O2S. The number of ether oxygens (including phenoxy) is 1. The molecule has 0 aliphatic heterocycles. The Bertz CT molecular complexity index is 583. The van der Waals surface area contributed by atoms with Crippen molar-refractivity contribution in [3.63, 3.8) is 0 Å². The molecule has 1 heterocycles. The molecule has 4 nitrogen and oxygen atoms in total. The third-order valence-corrected chi connectivity index (χ3v) is 3.21. The Kier molecular flexibility index (Phi) is 3.57. The topological polar surface area (TPSA) is 51.2 Å². The lowest BCUT2D eigenvalue weighted by Crippen LogP contribution is -1.96. The van der Waals surface area contributed by atoms with E-state index in [-0.39, 0.29) is 5.82 Å². The van der Waals surface area contributed by atoms with Crippen LogP contribution in [0.5, 0.6) is 0 Å². The molecule has 18 heavy (non-hydrogen) atoms. The lowest BCUT2D eigenvalue weighted by molar-refractivity contribution is 0.0606. The number of hydrogen-bond donors (Lipinski definition) is 1. The summed E-state index contributed by atoms with van der Waals surface area (Å²) in [5.74, 6) is -0.722. The quantitative estimate of drug-likeness (QED) is 0.867. The van der Waals surface area contributed by atoms with E-state index in [1.54, 1.807) is 19.1 Å². The van der Waals surface area contributed by atoms with Gasteiger partial charge < -0.3 is 10.1 Å². The molecule has 0 saturated carbocycles. The van der Waals surface area contributed by atoms with Crippen molar-refractivity contribution < 1.29 is 13.9 Å². The number of carbonyl (C=O) groups is 1. The van der Waals surface area contributed by atoms with Gasteiger partial charge in [-0.2, -0.15) is 0 Å². The van der Waals surface area contributed by atoms with E-state index in [4.69, 9.17) is 0 Å². The maximum atomic E-state index is 13.3. The number of thiazole rings is 1. The average molecular weight is 266 g/mol. The van der Waals surface area contributed by atoms with Crippen LogP contribution in [0.4, 0.5) is 15.2 Å². The third-order valence-electron chi connectivity index (χ3n) is 2.32. The van der Waals surface area contributed by atoms with Gasteiger partial charge in [-0.05, 0) is 24.6 Å². The van der Waals surface area contributed by atoms with Gasteiger partial charge in [0.25, 0.3) is 0 Å². The third kappa shape index (κ3) is 2.65. The van der Waals surface area contributed by atoms with Crippen molar-refractivity contribution in [3.8, 4) is 0 Å². The summed E-state index contributed by atoms with van der Waals surface area (Å²) in [6, 6.07) is 4.80. The van der Waals surface area contributed by atoms with Crippen LogP contribution in [0.1, 0.15) is 15.2 Å². The van der Waals surface area contributed by atoms with Gasteiger partial charge in [0.2, 0.25) is 0 Å². The van der Waals surface area contributed by atoms with Gasteiger partial charge in [-0.1, -0.05) is 17.4 Å². The highest BCUT2D eigenvalue weighted by molar-refractivity contribution is 7.17. The molecule has 0 bridgehead atoms. The lowest BCUT2D eigenvalue weighted by Gasteiger charge is -2.03. The van der Waals surface area contributed by atoms with Crippen molar-refractivity contribution in [1.82, 2.24) is 4.98 Å². The van der Waals surface area contributed by atoms with Crippen molar-refractivity contribution in [2.45, 2.75) is 6.92 Å². The number of hydrogen-bond acceptors (Lipinski definition) is 5. The Morgan fingerprint density at radius 2 is 2.28 bits per heavy atom. The molecule has 94 valence electrons. The summed E-state index contributed by atoms with van der Waals surface area (Å²) >= 11 is 1.15. The first-order valence-corrected chi connectivity index (χ1v) is 5.99. The largest absolute Gasteiger partial charge is 0.465 e. The molecule has 0 saturated heterocycles. The van der Waals surface area contributed by atoms with E-state index in [0.717, 1.165) is 11.3 Å². The van der Waals surface area contributed by atoms with Crippen molar-refractivity contribution >= 4 is 28.1 Å². The number of aryl methyl sites for hydroxylation is 1. The van der Waals surface area contributed by atoms with E-state index in [1.807, 2.05) is 0 Å². The molecule has 1 aromatic heterocycles. The zero-order valence-electron chi connectivity index (χ0n) is 9.86. The number of methoxy groups -OCH3 is 1. The molecule has 0 unspecified atom stereocenters. The molecule has 0 aliphatic rings. The minimum Gasteiger partial charge on any atom is -0.465 e. The monoisotopic (exact) mass is 266 g/mol. The molecule has 0 amide bonds. The fourth-order valence-electron chi connectivity index (χ4n) is 1.32. The van der Waals surface area contributed by atoms with Crippen LogP contribution in [0.3, 0.4) is 0 Å². The Hall–Kier alpha value is -1.95. The summed E-state index contributed by atoms with van der Waals surface area (Å²) in [6.07, 6.45) is 1.42. The fraction of sp³-hybridized carbons (Fsp3) is 0.167. The second kappa shape index (κ2) is 5.14. The Morgan fingerprint density at radius 3 is 2.94 bits per heavy atom. The summed E-state index contributed by atoms with van der Waals surface area (Å²) in [5, 5.41) is 3.44. The van der Waals surface area contributed by atoms with Gasteiger partial charge in [-0.15, -0.1) is 0 Å². The predicted molar refractivity (Wildman–Crippen MR) is 67.9 cm³/mol. The number of benzene rings is 1. The van der Waals surface area contributed by atoms with Gasteiger partial charge >= 0.3 is 5.97 Å². The molecular weight excluding hydrogens is 255 g/mol. The molecule has 1 aromatic carbocycles. The minimum atomic E-state index is -0.435. The molecule has 6 heteroatoms. The van der Waals surface area contributed by atoms with Crippen LogP contribution >= 0.6 is 11.3 Å². The van der Waals surface area contributed by atoms with E-state index in [0.29, 0.717) is 21.3 Å². The van der Waals surface area contributed by atoms with Gasteiger partial charge in [0.15, 0.2) is 5.13 Å². The first-order chi connectivity index (χ1) is 8.60. The zero-order valence-corrected chi connectivity index (χ0v) is 10.7. The number of nitrogens with one attached hydrogen (secondary N) is 1. The zero-order chi connectivity index (χ0) is 13.1. The normalized spacial score (nSPS) is 10.2. The average Bonchev–Trinajstić information content (AvgIpc) is 2.81. The highest BCUT2D eigenvalue weighted by Crippen LogP contribution is 2.24. The number of nitrogens with zero attached hydrogens (tertiary/aromatic N) is 1. The van der Waals surface area contributed by atoms with Crippen molar-refractivity contribution in [2.24, 2.45) is 0 Å². The van der Waals surface area contributed by atoms with Gasteiger partial charge in [0.05, 0.1) is 13.3 Å². The van der Waals surface area contributed by atoms with E-state index in [1.165, 1.54) is 19.4 Å². The highest BCUT2D eigenvalue weighted by atomic mass is 32.1. The summed E-state index contributed by atoms with van der Waals surface area (Å²) in [6.45, 7) is 1.69. The van der Waals surface area contributed by atoms with Crippen molar-refractivity contribution in [2.75, 3.05) is 12.4 Å². The predicted octanol–water partition coefficient (Wildman–Crippen LogP) is 3.12. The number of carbonyl (C=O) groups excluding carboxylic acids is 1. The molecule has 0 radical (unpaired) electrons. The Labute approximate surface area is 107 Å². The molecule has 0 spiro atoms. The van der Waals surface area contributed by atoms with Crippen LogP contribution in [0, 0.1) is 12.7 Å². The summed E-state index contributed by atoms with van der Waals surface area (Å²) in [4.78, 5) is 15.7. The van der Waals surface area contributed by atoms with Crippen LogP contribution in [0.25, 0.3) is 0 Å². The molecule has 0 atom stereocenters. The Balaban J connectivity index is 2.16.